The first-order chi connectivity index (χ1) is 8.94. The first-order valence-corrected chi connectivity index (χ1v) is 6.75. The van der Waals surface area contributed by atoms with E-state index in [2.05, 4.69) is 9.44 Å². The van der Waals surface area contributed by atoms with Crippen LogP contribution in [0.1, 0.15) is 0 Å². The van der Waals surface area contributed by atoms with Crippen LogP contribution in [0.15, 0.2) is 48.5 Å². The van der Waals surface area contributed by atoms with Crippen LogP contribution in [0.4, 0.5) is 20.2 Å². The van der Waals surface area contributed by atoms with E-state index in [-0.39, 0.29) is 11.4 Å². The van der Waals surface area contributed by atoms with Gasteiger partial charge in [-0.05, 0) is 48.5 Å². The summed E-state index contributed by atoms with van der Waals surface area (Å²) in [5.41, 5.74) is 0.437. The van der Waals surface area contributed by atoms with Crippen LogP contribution in [-0.4, -0.2) is 8.42 Å². The van der Waals surface area contributed by atoms with Gasteiger partial charge in [-0.3, -0.25) is 9.44 Å². The second-order valence-electron chi connectivity index (χ2n) is 3.72. The Hall–Kier alpha value is -2.15. The van der Waals surface area contributed by atoms with Crippen molar-refractivity contribution in [1.82, 2.24) is 0 Å². The molecule has 0 unspecified atom stereocenters. The Labute approximate surface area is 109 Å². The molecular weight excluding hydrogens is 274 g/mol. The molecule has 0 saturated carbocycles. The fourth-order valence-corrected chi connectivity index (χ4v) is 2.32. The lowest BCUT2D eigenvalue weighted by atomic mass is 10.3. The number of anilines is 2. The van der Waals surface area contributed by atoms with E-state index < -0.39 is 21.8 Å². The molecule has 2 aromatic rings. The maximum Gasteiger partial charge on any atom is 0.321 e. The van der Waals surface area contributed by atoms with Crippen molar-refractivity contribution in [3.63, 3.8) is 0 Å². The predicted molar refractivity (Wildman–Crippen MR) is 69.0 cm³/mol. The number of hydrogen-bond acceptors (Lipinski definition) is 2. The van der Waals surface area contributed by atoms with Crippen LogP contribution in [0.25, 0.3) is 0 Å². The minimum atomic E-state index is -3.86. The molecule has 0 fully saturated rings. The molecule has 0 aliphatic rings. The Morgan fingerprint density at radius 2 is 1.00 bits per heavy atom. The molecule has 0 aliphatic heterocycles. The fraction of sp³-hybridized carbons (Fsp3) is 0. The molecular formula is C12H10F2N2O2S. The van der Waals surface area contributed by atoms with Gasteiger partial charge in [0, 0.05) is 0 Å². The molecule has 7 heteroatoms. The van der Waals surface area contributed by atoms with Gasteiger partial charge in [-0.25, -0.2) is 8.78 Å². The summed E-state index contributed by atoms with van der Waals surface area (Å²) in [7, 11) is -3.86. The molecule has 100 valence electrons. The van der Waals surface area contributed by atoms with E-state index in [0.29, 0.717) is 0 Å². The highest BCUT2D eigenvalue weighted by Crippen LogP contribution is 2.14. The molecule has 19 heavy (non-hydrogen) atoms. The Balaban J connectivity index is 2.10. The van der Waals surface area contributed by atoms with Crippen molar-refractivity contribution in [3.8, 4) is 0 Å². The van der Waals surface area contributed by atoms with Crippen LogP contribution in [0.2, 0.25) is 0 Å². The van der Waals surface area contributed by atoms with E-state index in [9.17, 15) is 17.2 Å². The SMILES string of the molecule is O=S(=O)(Nc1ccc(F)cc1)Nc1ccc(F)cc1. The normalized spacial score (nSPS) is 11.1. The van der Waals surface area contributed by atoms with Gasteiger partial charge >= 0.3 is 10.2 Å². The lowest BCUT2D eigenvalue weighted by Gasteiger charge is -2.10. The molecule has 0 spiro atoms. The van der Waals surface area contributed by atoms with Gasteiger partial charge in [0.2, 0.25) is 0 Å². The number of benzene rings is 2. The Morgan fingerprint density at radius 1 is 0.684 bits per heavy atom. The van der Waals surface area contributed by atoms with Crippen LogP contribution in [-0.2, 0) is 10.2 Å². The Morgan fingerprint density at radius 3 is 1.32 bits per heavy atom. The van der Waals surface area contributed by atoms with Crippen molar-refractivity contribution in [1.29, 1.82) is 0 Å². The van der Waals surface area contributed by atoms with Crippen molar-refractivity contribution in [3.05, 3.63) is 60.2 Å². The average molecular weight is 284 g/mol. The monoisotopic (exact) mass is 284 g/mol. The third-order valence-corrected chi connectivity index (χ3v) is 3.20. The number of hydrogen-bond donors (Lipinski definition) is 2. The van der Waals surface area contributed by atoms with Crippen molar-refractivity contribution in [2.45, 2.75) is 0 Å². The molecule has 0 saturated heterocycles. The maximum absolute atomic E-state index is 12.7. The zero-order chi connectivity index (χ0) is 13.9. The number of rotatable bonds is 4. The zero-order valence-electron chi connectivity index (χ0n) is 9.60. The van der Waals surface area contributed by atoms with Gasteiger partial charge in [0.05, 0.1) is 11.4 Å². The molecule has 0 aromatic heterocycles. The smallest absolute Gasteiger partial charge is 0.267 e. The summed E-state index contributed by atoms with van der Waals surface area (Å²) in [6.07, 6.45) is 0. The minimum Gasteiger partial charge on any atom is -0.267 e. The Bertz CT molecular complexity index is 602. The van der Waals surface area contributed by atoms with Crippen molar-refractivity contribution in [2.75, 3.05) is 9.44 Å². The molecule has 2 aromatic carbocycles. The van der Waals surface area contributed by atoms with Crippen LogP contribution in [0.3, 0.4) is 0 Å². The van der Waals surface area contributed by atoms with Gasteiger partial charge in [-0.1, -0.05) is 0 Å². The highest BCUT2D eigenvalue weighted by atomic mass is 32.2. The van der Waals surface area contributed by atoms with Crippen molar-refractivity contribution < 1.29 is 17.2 Å². The molecule has 0 amide bonds. The topological polar surface area (TPSA) is 58.2 Å². The first-order valence-electron chi connectivity index (χ1n) is 5.26. The first kappa shape index (κ1) is 13.3. The number of halogens is 2. The predicted octanol–water partition coefficient (Wildman–Crippen LogP) is 2.73. The molecule has 0 atom stereocenters. The summed E-state index contributed by atoms with van der Waals surface area (Å²) in [4.78, 5) is 0. The highest BCUT2D eigenvalue weighted by Gasteiger charge is 2.09. The van der Waals surface area contributed by atoms with Gasteiger partial charge in [-0.15, -0.1) is 0 Å². The fourth-order valence-electron chi connectivity index (χ4n) is 1.37. The van der Waals surface area contributed by atoms with Crippen LogP contribution in [0, 0.1) is 11.6 Å². The second kappa shape index (κ2) is 5.23. The van der Waals surface area contributed by atoms with Crippen molar-refractivity contribution >= 4 is 21.6 Å². The lowest BCUT2D eigenvalue weighted by molar-refractivity contribution is 0.605. The van der Waals surface area contributed by atoms with E-state index in [1.165, 1.54) is 24.3 Å². The van der Waals surface area contributed by atoms with E-state index >= 15 is 0 Å². The van der Waals surface area contributed by atoms with E-state index in [0.717, 1.165) is 24.3 Å². The molecule has 0 radical (unpaired) electrons. The molecule has 0 bridgehead atoms. The molecule has 2 N–H and O–H groups in total. The summed E-state index contributed by atoms with van der Waals surface area (Å²) in [5, 5.41) is 0. The number of nitrogens with one attached hydrogen (secondary N) is 2. The van der Waals surface area contributed by atoms with E-state index in [1.807, 2.05) is 0 Å². The van der Waals surface area contributed by atoms with Crippen molar-refractivity contribution in [2.24, 2.45) is 0 Å². The third kappa shape index (κ3) is 3.92. The summed E-state index contributed by atoms with van der Waals surface area (Å²) in [6.45, 7) is 0. The van der Waals surface area contributed by atoms with Gasteiger partial charge in [0.25, 0.3) is 0 Å². The lowest BCUT2D eigenvalue weighted by Crippen LogP contribution is -2.21. The zero-order valence-corrected chi connectivity index (χ0v) is 10.4. The van der Waals surface area contributed by atoms with E-state index in [4.69, 9.17) is 0 Å². The minimum absolute atomic E-state index is 0.219. The van der Waals surface area contributed by atoms with Gasteiger partial charge in [-0.2, -0.15) is 8.42 Å². The Kier molecular flexibility index (Phi) is 3.66. The van der Waals surface area contributed by atoms with Gasteiger partial charge in [0.15, 0.2) is 0 Å². The second-order valence-corrected chi connectivity index (χ2v) is 5.14. The van der Waals surface area contributed by atoms with Gasteiger partial charge < -0.3 is 0 Å². The largest absolute Gasteiger partial charge is 0.321 e. The molecule has 2 rings (SSSR count). The van der Waals surface area contributed by atoms with Crippen LogP contribution in [0.5, 0.6) is 0 Å². The van der Waals surface area contributed by atoms with E-state index in [1.54, 1.807) is 0 Å². The summed E-state index contributed by atoms with van der Waals surface area (Å²) in [6, 6.07) is 9.70. The highest BCUT2D eigenvalue weighted by molar-refractivity contribution is 7.94. The molecule has 0 heterocycles. The maximum atomic E-state index is 12.7. The van der Waals surface area contributed by atoms with Crippen LogP contribution >= 0.6 is 0 Å². The average Bonchev–Trinajstić information content (AvgIpc) is 2.34. The van der Waals surface area contributed by atoms with Crippen LogP contribution < -0.4 is 9.44 Å². The van der Waals surface area contributed by atoms with Gasteiger partial charge in [0.1, 0.15) is 11.6 Å². The quantitative estimate of drug-likeness (QED) is 0.907. The summed E-state index contributed by atoms with van der Waals surface area (Å²) < 4.78 is 53.2. The standard InChI is InChI=1S/C12H10F2N2O2S/c13-9-1-5-11(6-2-9)15-19(17,18)16-12-7-3-10(14)4-8-12/h1-8,15-16H. The molecule has 4 nitrogen and oxygen atoms in total. The summed E-state index contributed by atoms with van der Waals surface area (Å²) >= 11 is 0. The third-order valence-electron chi connectivity index (χ3n) is 2.19. The molecule has 0 aliphatic carbocycles. The summed E-state index contributed by atoms with van der Waals surface area (Å²) in [5.74, 6) is -0.927.